The van der Waals surface area contributed by atoms with Gasteiger partial charge < -0.3 is 5.11 Å². The average molecular weight is 305 g/mol. The summed E-state index contributed by atoms with van der Waals surface area (Å²) in [6, 6.07) is 0. The molecule has 0 amide bonds. The summed E-state index contributed by atoms with van der Waals surface area (Å²) in [4.78, 5) is 10.8. The second-order valence-corrected chi connectivity index (χ2v) is 6.33. The predicted octanol–water partition coefficient (Wildman–Crippen LogP) is 0.834. The summed E-state index contributed by atoms with van der Waals surface area (Å²) in [6.07, 6.45) is -6.97. The number of sulfonamides is 1. The van der Waals surface area contributed by atoms with Crippen LogP contribution >= 0.6 is 0 Å². The van der Waals surface area contributed by atoms with E-state index in [9.17, 15) is 31.5 Å². The fourth-order valence-electron chi connectivity index (χ4n) is 1.32. The third-order valence-electron chi connectivity index (χ3n) is 2.53. The molecule has 2 atom stereocenters. The summed E-state index contributed by atoms with van der Waals surface area (Å²) in [5, 5.41) is 9.36. The highest BCUT2D eigenvalue weighted by atomic mass is 32.2. The molecule has 0 saturated carbocycles. The maximum atomic E-state index is 11.9. The lowest BCUT2D eigenvalue weighted by atomic mass is 9.98. The topological polar surface area (TPSA) is 83.5 Å². The van der Waals surface area contributed by atoms with Crippen LogP contribution in [0.3, 0.4) is 0 Å². The lowest BCUT2D eigenvalue weighted by molar-refractivity contribution is -0.130. The Morgan fingerprint density at radius 1 is 1.37 bits per heavy atom. The predicted molar refractivity (Wildman–Crippen MR) is 62.9 cm³/mol. The van der Waals surface area contributed by atoms with Gasteiger partial charge in [0.25, 0.3) is 0 Å². The number of Topliss-reactive ketones (excluding diaryl/α,β-unsaturated/α-hetero) is 1. The molecule has 0 unspecified atom stereocenters. The number of alkyl halides is 3. The maximum Gasteiger partial charge on any atom is 0.390 e. The Hall–Kier alpha value is -0.670. The van der Waals surface area contributed by atoms with Gasteiger partial charge >= 0.3 is 6.18 Å². The zero-order valence-corrected chi connectivity index (χ0v) is 11.5. The monoisotopic (exact) mass is 305 g/mol. The van der Waals surface area contributed by atoms with Crippen LogP contribution in [0.4, 0.5) is 13.2 Å². The molecule has 114 valence electrons. The minimum atomic E-state index is -4.52. The smallest absolute Gasteiger partial charge is 0.385 e. The normalized spacial score (nSPS) is 16.1. The molecule has 0 aliphatic carbocycles. The van der Waals surface area contributed by atoms with Crippen molar-refractivity contribution in [3.05, 3.63) is 0 Å². The Balaban J connectivity index is 4.09. The van der Waals surface area contributed by atoms with Crippen LogP contribution < -0.4 is 4.72 Å². The molecule has 0 radical (unpaired) electrons. The fraction of sp³-hybridized carbons (Fsp3) is 0.900. The van der Waals surface area contributed by atoms with Gasteiger partial charge in [-0.1, -0.05) is 6.92 Å². The van der Waals surface area contributed by atoms with Crippen LogP contribution in [0.5, 0.6) is 0 Å². The second-order valence-electron chi connectivity index (χ2n) is 4.40. The number of rotatable bonds is 8. The zero-order valence-electron chi connectivity index (χ0n) is 10.7. The van der Waals surface area contributed by atoms with E-state index >= 15 is 0 Å². The first-order chi connectivity index (χ1) is 8.44. The van der Waals surface area contributed by atoms with Gasteiger partial charge in [0.1, 0.15) is 6.10 Å². The van der Waals surface area contributed by atoms with Gasteiger partial charge in [-0.15, -0.1) is 0 Å². The number of hydrogen-bond acceptors (Lipinski definition) is 4. The summed E-state index contributed by atoms with van der Waals surface area (Å²) in [6.45, 7) is 2.64. The maximum absolute atomic E-state index is 11.9. The lowest BCUT2D eigenvalue weighted by Gasteiger charge is -2.16. The van der Waals surface area contributed by atoms with Crippen molar-refractivity contribution in [1.29, 1.82) is 0 Å². The fourth-order valence-corrected chi connectivity index (χ4v) is 2.40. The number of carbonyl (C=O) groups excluding carboxylic acids is 1. The van der Waals surface area contributed by atoms with E-state index in [4.69, 9.17) is 0 Å². The molecule has 5 nitrogen and oxygen atoms in total. The molecule has 0 rings (SSSR count). The van der Waals surface area contributed by atoms with Crippen LogP contribution in [0.15, 0.2) is 0 Å². The number of aliphatic hydroxyl groups is 1. The summed E-state index contributed by atoms with van der Waals surface area (Å²) >= 11 is 0. The number of aliphatic hydroxyl groups excluding tert-OH is 1. The van der Waals surface area contributed by atoms with Gasteiger partial charge in [0.15, 0.2) is 5.78 Å². The van der Waals surface area contributed by atoms with E-state index in [1.54, 1.807) is 6.92 Å². The molecule has 0 spiro atoms. The zero-order chi connectivity index (χ0) is 15.3. The van der Waals surface area contributed by atoms with E-state index in [2.05, 4.69) is 0 Å². The number of hydrogen-bond donors (Lipinski definition) is 2. The van der Waals surface area contributed by atoms with Crippen molar-refractivity contribution in [2.45, 2.75) is 39.0 Å². The van der Waals surface area contributed by atoms with Crippen molar-refractivity contribution < 1.29 is 31.5 Å². The summed E-state index contributed by atoms with van der Waals surface area (Å²) in [5.41, 5.74) is 0. The van der Waals surface area contributed by atoms with Crippen molar-refractivity contribution >= 4 is 15.8 Å². The first-order valence-corrected chi connectivity index (χ1v) is 7.32. The molecule has 0 aliphatic heterocycles. The first kappa shape index (κ1) is 18.3. The van der Waals surface area contributed by atoms with Crippen molar-refractivity contribution in [3.63, 3.8) is 0 Å². The molecular formula is C10H18F3NO4S. The molecule has 0 heterocycles. The molecule has 0 aliphatic rings. The van der Waals surface area contributed by atoms with E-state index in [-0.39, 0.29) is 13.0 Å². The molecular weight excluding hydrogens is 287 g/mol. The number of halogens is 3. The molecule has 0 aromatic heterocycles. The summed E-state index contributed by atoms with van der Waals surface area (Å²) in [7, 11) is -3.99. The molecule has 0 saturated heterocycles. The van der Waals surface area contributed by atoms with Gasteiger partial charge in [0.05, 0.1) is 12.2 Å². The highest BCUT2D eigenvalue weighted by Crippen LogP contribution is 2.19. The molecule has 9 heteroatoms. The lowest BCUT2D eigenvalue weighted by Crippen LogP contribution is -2.33. The van der Waals surface area contributed by atoms with E-state index in [1.807, 2.05) is 4.72 Å². The summed E-state index contributed by atoms with van der Waals surface area (Å²) < 4.78 is 60.1. The molecule has 0 fully saturated rings. The van der Waals surface area contributed by atoms with Crippen LogP contribution in [0, 0.1) is 5.92 Å². The Kier molecular flexibility index (Phi) is 6.95. The standard InChI is InChI=1S/C10H18F3NO4S/c1-7(9(16)8(2)15)3-5-14-19(17,18)6-4-10(11,12)13/h7,9,14,16H,3-6H2,1-2H3/t7-,9+/m1/s1. The van der Waals surface area contributed by atoms with Crippen molar-refractivity contribution in [1.82, 2.24) is 4.72 Å². The van der Waals surface area contributed by atoms with Gasteiger partial charge in [-0.05, 0) is 19.3 Å². The number of carbonyl (C=O) groups is 1. The van der Waals surface area contributed by atoms with Crippen molar-refractivity contribution in [3.8, 4) is 0 Å². The third-order valence-corrected chi connectivity index (χ3v) is 3.92. The van der Waals surface area contributed by atoms with Crippen LogP contribution in [0.2, 0.25) is 0 Å². The van der Waals surface area contributed by atoms with E-state index in [0.717, 1.165) is 0 Å². The molecule has 2 N–H and O–H groups in total. The molecule has 0 bridgehead atoms. The van der Waals surface area contributed by atoms with Gasteiger partial charge in [-0.2, -0.15) is 13.2 Å². The molecule has 19 heavy (non-hydrogen) atoms. The third kappa shape index (κ3) is 8.95. The summed E-state index contributed by atoms with van der Waals surface area (Å²) in [5.74, 6) is -1.93. The van der Waals surface area contributed by atoms with Crippen LogP contribution in [0.1, 0.15) is 26.7 Å². The van der Waals surface area contributed by atoms with Crippen LogP contribution in [-0.4, -0.2) is 43.9 Å². The largest absolute Gasteiger partial charge is 0.390 e. The van der Waals surface area contributed by atoms with E-state index in [1.165, 1.54) is 6.92 Å². The SMILES string of the molecule is CC(=O)[C@@H](O)[C@H](C)CCNS(=O)(=O)CCC(F)(F)F. The Labute approximate surface area is 110 Å². The number of ketones is 1. The van der Waals surface area contributed by atoms with Gasteiger partial charge in [0, 0.05) is 6.54 Å². The Bertz CT molecular complexity index is 394. The van der Waals surface area contributed by atoms with Crippen LogP contribution in [-0.2, 0) is 14.8 Å². The Morgan fingerprint density at radius 3 is 2.32 bits per heavy atom. The quantitative estimate of drug-likeness (QED) is 0.696. The van der Waals surface area contributed by atoms with Crippen molar-refractivity contribution in [2.24, 2.45) is 5.92 Å². The molecule has 0 aromatic carbocycles. The highest BCUT2D eigenvalue weighted by molar-refractivity contribution is 7.89. The van der Waals surface area contributed by atoms with Gasteiger partial charge in [0.2, 0.25) is 10.0 Å². The minimum Gasteiger partial charge on any atom is -0.385 e. The van der Waals surface area contributed by atoms with Crippen LogP contribution in [0.25, 0.3) is 0 Å². The first-order valence-electron chi connectivity index (χ1n) is 5.67. The highest BCUT2D eigenvalue weighted by Gasteiger charge is 2.29. The number of nitrogens with one attached hydrogen (secondary N) is 1. The Morgan fingerprint density at radius 2 is 1.89 bits per heavy atom. The molecule has 0 aromatic rings. The van der Waals surface area contributed by atoms with Gasteiger partial charge in [-0.3, -0.25) is 4.79 Å². The van der Waals surface area contributed by atoms with Gasteiger partial charge in [-0.25, -0.2) is 13.1 Å². The average Bonchev–Trinajstić information content (AvgIpc) is 2.24. The van der Waals surface area contributed by atoms with E-state index in [0.29, 0.717) is 0 Å². The minimum absolute atomic E-state index is 0.119. The second kappa shape index (κ2) is 7.20. The van der Waals surface area contributed by atoms with Crippen molar-refractivity contribution in [2.75, 3.05) is 12.3 Å². The van der Waals surface area contributed by atoms with E-state index < -0.39 is 46.2 Å².